The van der Waals surface area contributed by atoms with Gasteiger partial charge in [0.05, 0.1) is 12.1 Å². The molecule has 0 aliphatic heterocycles. The molecule has 0 fully saturated rings. The van der Waals surface area contributed by atoms with Crippen LogP contribution in [0.25, 0.3) is 10.9 Å². The number of rotatable bonds is 5. The zero-order chi connectivity index (χ0) is 11.4. The highest BCUT2D eigenvalue weighted by molar-refractivity contribution is 5.81. The minimum atomic E-state index is 0.605. The first-order valence-electron chi connectivity index (χ1n) is 5.64. The summed E-state index contributed by atoms with van der Waals surface area (Å²) >= 11 is 0. The molecular formula is C13H17NO2. The molecule has 1 heterocycles. The minimum absolute atomic E-state index is 0.605. The Kier molecular flexibility index (Phi) is 3.47. The Balaban J connectivity index is 2.27. The highest BCUT2D eigenvalue weighted by Crippen LogP contribution is 2.22. The van der Waals surface area contributed by atoms with E-state index in [0.717, 1.165) is 12.4 Å². The fourth-order valence-electron chi connectivity index (χ4n) is 1.74. The first-order valence-corrected chi connectivity index (χ1v) is 5.64. The number of aromatic nitrogens is 1. The van der Waals surface area contributed by atoms with Crippen molar-refractivity contribution in [1.82, 2.24) is 4.57 Å². The van der Waals surface area contributed by atoms with Gasteiger partial charge >= 0.3 is 0 Å². The van der Waals surface area contributed by atoms with E-state index in [-0.39, 0.29) is 0 Å². The van der Waals surface area contributed by atoms with Gasteiger partial charge in [0.25, 0.3) is 0 Å². The minimum Gasteiger partial charge on any atom is -0.494 e. The number of hydrogen-bond acceptors (Lipinski definition) is 2. The Bertz CT molecular complexity index is 462. The number of fused-ring (bicyclic) bond motifs is 1. The maximum absolute atomic E-state index is 5.46. The Morgan fingerprint density at radius 3 is 2.75 bits per heavy atom. The van der Waals surface area contributed by atoms with E-state index in [1.165, 1.54) is 10.9 Å². The van der Waals surface area contributed by atoms with Gasteiger partial charge in [-0.1, -0.05) is 0 Å². The summed E-state index contributed by atoms with van der Waals surface area (Å²) in [6.45, 7) is 6.03. The van der Waals surface area contributed by atoms with E-state index in [0.29, 0.717) is 13.3 Å². The highest BCUT2D eigenvalue weighted by Gasteiger charge is 2.02. The van der Waals surface area contributed by atoms with Crippen molar-refractivity contribution in [3.8, 4) is 5.75 Å². The van der Waals surface area contributed by atoms with Gasteiger partial charge in [0.2, 0.25) is 0 Å². The molecule has 1 aromatic carbocycles. The summed E-state index contributed by atoms with van der Waals surface area (Å²) < 4.78 is 13.0. The predicted molar refractivity (Wildman–Crippen MR) is 64.7 cm³/mol. The average molecular weight is 219 g/mol. The van der Waals surface area contributed by atoms with Crippen LogP contribution in [0.4, 0.5) is 0 Å². The van der Waals surface area contributed by atoms with Gasteiger partial charge in [-0.15, -0.1) is 0 Å². The van der Waals surface area contributed by atoms with Crippen LogP contribution < -0.4 is 4.74 Å². The summed E-state index contributed by atoms with van der Waals surface area (Å²) in [5, 5.41) is 1.19. The lowest BCUT2D eigenvalue weighted by atomic mass is 10.2. The van der Waals surface area contributed by atoms with Crippen LogP contribution in [0.15, 0.2) is 30.5 Å². The van der Waals surface area contributed by atoms with Crippen LogP contribution in [0.3, 0.4) is 0 Å². The zero-order valence-corrected chi connectivity index (χ0v) is 9.77. The molecule has 0 bridgehead atoms. The van der Waals surface area contributed by atoms with E-state index < -0.39 is 0 Å². The van der Waals surface area contributed by atoms with Crippen LogP contribution in [0, 0.1) is 0 Å². The third-order valence-electron chi connectivity index (χ3n) is 2.49. The Hall–Kier alpha value is -1.48. The average Bonchev–Trinajstić information content (AvgIpc) is 2.69. The predicted octanol–water partition coefficient (Wildman–Crippen LogP) is 3.03. The third-order valence-corrected chi connectivity index (χ3v) is 2.49. The van der Waals surface area contributed by atoms with Gasteiger partial charge in [-0.3, -0.25) is 0 Å². The smallest absolute Gasteiger partial charge is 0.122 e. The molecule has 1 aromatic heterocycles. The summed E-state index contributed by atoms with van der Waals surface area (Å²) in [5.41, 5.74) is 1.18. The van der Waals surface area contributed by atoms with E-state index >= 15 is 0 Å². The molecule has 0 atom stereocenters. The summed E-state index contributed by atoms with van der Waals surface area (Å²) in [5.74, 6) is 0.921. The lowest BCUT2D eigenvalue weighted by molar-refractivity contribution is 0.0909. The summed E-state index contributed by atoms with van der Waals surface area (Å²) in [4.78, 5) is 0. The quantitative estimate of drug-likeness (QED) is 0.771. The molecule has 86 valence electrons. The van der Waals surface area contributed by atoms with Crippen LogP contribution in [0.5, 0.6) is 5.75 Å². The van der Waals surface area contributed by atoms with Crippen molar-refractivity contribution in [2.24, 2.45) is 0 Å². The Morgan fingerprint density at radius 2 is 2.00 bits per heavy atom. The standard InChI is InChI=1S/C13H17NO2/c1-3-15-10-14-8-7-11-9-12(16-4-2)5-6-13(11)14/h5-9H,3-4,10H2,1-2H3. The van der Waals surface area contributed by atoms with Crippen molar-refractivity contribution in [2.45, 2.75) is 20.6 Å². The van der Waals surface area contributed by atoms with Crippen LogP contribution in [-0.4, -0.2) is 17.8 Å². The largest absolute Gasteiger partial charge is 0.494 e. The molecule has 0 spiro atoms. The Labute approximate surface area is 95.6 Å². The van der Waals surface area contributed by atoms with Gasteiger partial charge in [-0.2, -0.15) is 0 Å². The lowest BCUT2D eigenvalue weighted by Gasteiger charge is -2.06. The van der Waals surface area contributed by atoms with Gasteiger partial charge in [0, 0.05) is 18.2 Å². The molecular weight excluding hydrogens is 202 g/mol. The maximum atomic E-state index is 5.46. The molecule has 0 N–H and O–H groups in total. The van der Waals surface area contributed by atoms with Crippen LogP contribution >= 0.6 is 0 Å². The molecule has 0 aliphatic carbocycles. The summed E-state index contributed by atoms with van der Waals surface area (Å²) in [6.07, 6.45) is 2.04. The van der Waals surface area contributed by atoms with E-state index in [2.05, 4.69) is 22.8 Å². The molecule has 3 heteroatoms. The normalized spacial score (nSPS) is 10.9. The van der Waals surface area contributed by atoms with Crippen molar-refractivity contribution in [2.75, 3.05) is 13.2 Å². The second-order valence-electron chi connectivity index (χ2n) is 3.56. The summed E-state index contributed by atoms with van der Waals surface area (Å²) in [7, 11) is 0. The second-order valence-corrected chi connectivity index (χ2v) is 3.56. The van der Waals surface area contributed by atoms with E-state index in [1.807, 2.05) is 26.1 Å². The monoisotopic (exact) mass is 219 g/mol. The topological polar surface area (TPSA) is 23.4 Å². The molecule has 0 unspecified atom stereocenters. The first kappa shape index (κ1) is 11.0. The molecule has 0 saturated carbocycles. The molecule has 2 rings (SSSR count). The third kappa shape index (κ3) is 2.19. The summed E-state index contributed by atoms with van der Waals surface area (Å²) in [6, 6.07) is 8.20. The van der Waals surface area contributed by atoms with E-state index in [9.17, 15) is 0 Å². The van der Waals surface area contributed by atoms with Crippen molar-refractivity contribution in [1.29, 1.82) is 0 Å². The highest BCUT2D eigenvalue weighted by atomic mass is 16.5. The SMILES string of the molecule is CCOCn1ccc2cc(OCC)ccc21. The van der Waals surface area contributed by atoms with Gasteiger partial charge in [-0.05, 0) is 38.1 Å². The molecule has 16 heavy (non-hydrogen) atoms. The zero-order valence-electron chi connectivity index (χ0n) is 9.77. The molecule has 0 saturated heterocycles. The van der Waals surface area contributed by atoms with Gasteiger partial charge in [0.15, 0.2) is 0 Å². The van der Waals surface area contributed by atoms with Crippen LogP contribution in [0.2, 0.25) is 0 Å². The van der Waals surface area contributed by atoms with Gasteiger partial charge < -0.3 is 14.0 Å². The number of hydrogen-bond donors (Lipinski definition) is 0. The van der Waals surface area contributed by atoms with Crippen molar-refractivity contribution < 1.29 is 9.47 Å². The number of benzene rings is 1. The maximum Gasteiger partial charge on any atom is 0.122 e. The van der Waals surface area contributed by atoms with Gasteiger partial charge in [-0.25, -0.2) is 0 Å². The molecule has 3 nitrogen and oxygen atoms in total. The van der Waals surface area contributed by atoms with Crippen LogP contribution in [0.1, 0.15) is 13.8 Å². The lowest BCUT2D eigenvalue weighted by Crippen LogP contribution is -2.00. The Morgan fingerprint density at radius 1 is 1.12 bits per heavy atom. The van der Waals surface area contributed by atoms with Crippen LogP contribution in [-0.2, 0) is 11.5 Å². The van der Waals surface area contributed by atoms with E-state index in [1.54, 1.807) is 0 Å². The van der Waals surface area contributed by atoms with E-state index in [4.69, 9.17) is 9.47 Å². The number of nitrogens with zero attached hydrogens (tertiary/aromatic N) is 1. The molecule has 2 aromatic rings. The number of ether oxygens (including phenoxy) is 2. The fraction of sp³-hybridized carbons (Fsp3) is 0.385. The fourth-order valence-corrected chi connectivity index (χ4v) is 1.74. The van der Waals surface area contributed by atoms with Crippen molar-refractivity contribution >= 4 is 10.9 Å². The van der Waals surface area contributed by atoms with Crippen molar-refractivity contribution in [3.63, 3.8) is 0 Å². The first-order chi connectivity index (χ1) is 7.85. The molecule has 0 radical (unpaired) electrons. The second kappa shape index (κ2) is 5.03. The van der Waals surface area contributed by atoms with Gasteiger partial charge in [0.1, 0.15) is 12.5 Å². The molecule has 0 amide bonds. The molecule has 0 aliphatic rings. The van der Waals surface area contributed by atoms with Crippen molar-refractivity contribution in [3.05, 3.63) is 30.5 Å².